The lowest BCUT2D eigenvalue weighted by Gasteiger charge is -2.33. The van der Waals surface area contributed by atoms with E-state index in [4.69, 9.17) is 0 Å². The summed E-state index contributed by atoms with van der Waals surface area (Å²) >= 11 is 3.70. The maximum absolute atomic E-state index is 3.70. The Hall–Kier alpha value is 0.220. The third kappa shape index (κ3) is 1.37. The SMILES string of the molecule is BrCC1(C2CCCC2)CC=CC1. The van der Waals surface area contributed by atoms with E-state index in [1.165, 1.54) is 43.9 Å². The minimum atomic E-state index is 0.622. The van der Waals surface area contributed by atoms with E-state index in [9.17, 15) is 0 Å². The van der Waals surface area contributed by atoms with Gasteiger partial charge in [-0.25, -0.2) is 0 Å². The molecule has 0 aromatic carbocycles. The minimum Gasteiger partial charge on any atom is -0.0922 e. The molecule has 0 aromatic heterocycles. The lowest BCUT2D eigenvalue weighted by Crippen LogP contribution is -2.27. The van der Waals surface area contributed by atoms with E-state index in [-0.39, 0.29) is 0 Å². The Kier molecular flexibility index (Phi) is 2.59. The van der Waals surface area contributed by atoms with Crippen molar-refractivity contribution in [2.24, 2.45) is 11.3 Å². The van der Waals surface area contributed by atoms with Gasteiger partial charge in [-0.15, -0.1) is 0 Å². The quantitative estimate of drug-likeness (QED) is 0.497. The molecule has 12 heavy (non-hydrogen) atoms. The van der Waals surface area contributed by atoms with Crippen LogP contribution in [0.15, 0.2) is 12.2 Å². The first kappa shape index (κ1) is 8.80. The lowest BCUT2D eigenvalue weighted by atomic mass is 9.74. The van der Waals surface area contributed by atoms with Gasteiger partial charge >= 0.3 is 0 Å². The van der Waals surface area contributed by atoms with Gasteiger partial charge in [0.1, 0.15) is 0 Å². The molecule has 0 bridgehead atoms. The molecule has 0 atom stereocenters. The highest BCUT2D eigenvalue weighted by atomic mass is 79.9. The number of hydrogen-bond acceptors (Lipinski definition) is 0. The van der Waals surface area contributed by atoms with Crippen LogP contribution in [-0.2, 0) is 0 Å². The molecule has 0 radical (unpaired) electrons. The molecule has 1 saturated carbocycles. The standard InChI is InChI=1S/C11H17Br/c12-9-11(7-3-4-8-11)10-5-1-2-6-10/h3-4,10H,1-2,5-9H2. The Bertz CT molecular complexity index is 169. The largest absolute Gasteiger partial charge is 0.0922 e. The summed E-state index contributed by atoms with van der Waals surface area (Å²) < 4.78 is 0. The van der Waals surface area contributed by atoms with Crippen molar-refractivity contribution in [2.75, 3.05) is 5.33 Å². The summed E-state index contributed by atoms with van der Waals surface area (Å²) in [4.78, 5) is 0. The molecular weight excluding hydrogens is 212 g/mol. The van der Waals surface area contributed by atoms with Gasteiger partial charge in [0.15, 0.2) is 0 Å². The topological polar surface area (TPSA) is 0 Å². The van der Waals surface area contributed by atoms with Gasteiger partial charge in [-0.1, -0.05) is 40.9 Å². The molecule has 1 fully saturated rings. The molecule has 2 rings (SSSR count). The zero-order chi connectivity index (χ0) is 8.44. The van der Waals surface area contributed by atoms with Gasteiger partial charge < -0.3 is 0 Å². The summed E-state index contributed by atoms with van der Waals surface area (Å²) in [6, 6.07) is 0. The third-order valence-corrected chi connectivity index (χ3v) is 4.82. The van der Waals surface area contributed by atoms with E-state index in [2.05, 4.69) is 28.1 Å². The van der Waals surface area contributed by atoms with E-state index in [0.717, 1.165) is 5.92 Å². The first-order chi connectivity index (χ1) is 5.87. The molecule has 2 aliphatic carbocycles. The van der Waals surface area contributed by atoms with E-state index >= 15 is 0 Å². The van der Waals surface area contributed by atoms with E-state index in [1.54, 1.807) is 0 Å². The summed E-state index contributed by atoms with van der Waals surface area (Å²) in [5.41, 5.74) is 0.622. The molecule has 68 valence electrons. The molecular formula is C11H17Br. The summed E-state index contributed by atoms with van der Waals surface area (Å²) in [6.45, 7) is 0. The molecule has 0 aliphatic heterocycles. The highest BCUT2D eigenvalue weighted by Crippen LogP contribution is 2.48. The van der Waals surface area contributed by atoms with E-state index < -0.39 is 0 Å². The molecule has 0 amide bonds. The second-order valence-corrected chi connectivity index (χ2v) is 4.92. The first-order valence-electron chi connectivity index (χ1n) is 5.08. The predicted octanol–water partition coefficient (Wildman–Crippen LogP) is 3.91. The Morgan fingerprint density at radius 1 is 1.17 bits per heavy atom. The predicted molar refractivity (Wildman–Crippen MR) is 56.6 cm³/mol. The second kappa shape index (κ2) is 3.53. The zero-order valence-electron chi connectivity index (χ0n) is 7.56. The molecule has 0 spiro atoms. The van der Waals surface area contributed by atoms with Crippen molar-refractivity contribution in [3.05, 3.63) is 12.2 Å². The van der Waals surface area contributed by atoms with Crippen molar-refractivity contribution >= 4 is 15.9 Å². The van der Waals surface area contributed by atoms with Crippen molar-refractivity contribution in [3.63, 3.8) is 0 Å². The minimum absolute atomic E-state index is 0.622. The Morgan fingerprint density at radius 2 is 1.75 bits per heavy atom. The first-order valence-corrected chi connectivity index (χ1v) is 6.20. The third-order valence-electron chi connectivity index (χ3n) is 3.70. The van der Waals surface area contributed by atoms with E-state index in [0.29, 0.717) is 5.41 Å². The van der Waals surface area contributed by atoms with Crippen LogP contribution in [0.1, 0.15) is 38.5 Å². The number of hydrogen-bond donors (Lipinski definition) is 0. The smallest absolute Gasteiger partial charge is 0.00965 e. The monoisotopic (exact) mass is 228 g/mol. The zero-order valence-corrected chi connectivity index (χ0v) is 9.15. The molecule has 0 unspecified atom stereocenters. The maximum atomic E-state index is 3.70. The summed E-state index contributed by atoms with van der Waals surface area (Å²) in [5.74, 6) is 1.01. The Balaban J connectivity index is 2.06. The molecule has 0 nitrogen and oxygen atoms in total. The van der Waals surface area contributed by atoms with Gasteiger partial charge in [0.25, 0.3) is 0 Å². The van der Waals surface area contributed by atoms with Crippen LogP contribution in [0.5, 0.6) is 0 Å². The van der Waals surface area contributed by atoms with Crippen LogP contribution < -0.4 is 0 Å². The fourth-order valence-corrected chi connectivity index (χ4v) is 3.72. The van der Waals surface area contributed by atoms with Crippen LogP contribution in [0.2, 0.25) is 0 Å². The van der Waals surface area contributed by atoms with Crippen LogP contribution in [0.25, 0.3) is 0 Å². The van der Waals surface area contributed by atoms with Gasteiger partial charge in [-0.05, 0) is 37.0 Å². The van der Waals surface area contributed by atoms with Crippen molar-refractivity contribution in [1.29, 1.82) is 0 Å². The molecule has 0 aromatic rings. The molecule has 0 heterocycles. The van der Waals surface area contributed by atoms with Crippen molar-refractivity contribution < 1.29 is 0 Å². The fourth-order valence-electron chi connectivity index (χ4n) is 2.81. The second-order valence-electron chi connectivity index (χ2n) is 4.36. The average Bonchev–Trinajstić information content (AvgIpc) is 2.76. The fraction of sp³-hybridized carbons (Fsp3) is 0.818. The molecule has 0 saturated heterocycles. The van der Waals surface area contributed by atoms with Gasteiger partial charge in [0.2, 0.25) is 0 Å². The maximum Gasteiger partial charge on any atom is 0.00965 e. The molecule has 0 N–H and O–H groups in total. The summed E-state index contributed by atoms with van der Waals surface area (Å²) in [6.07, 6.45) is 13.3. The number of allylic oxidation sites excluding steroid dienone is 2. The van der Waals surface area contributed by atoms with Crippen molar-refractivity contribution in [3.8, 4) is 0 Å². The van der Waals surface area contributed by atoms with E-state index in [1.807, 2.05) is 0 Å². The van der Waals surface area contributed by atoms with Gasteiger partial charge in [-0.3, -0.25) is 0 Å². The van der Waals surface area contributed by atoms with Gasteiger partial charge in [-0.2, -0.15) is 0 Å². The van der Waals surface area contributed by atoms with Crippen LogP contribution in [0.3, 0.4) is 0 Å². The average molecular weight is 229 g/mol. The normalized spacial score (nSPS) is 28.4. The molecule has 2 aliphatic rings. The number of alkyl halides is 1. The van der Waals surface area contributed by atoms with Crippen LogP contribution in [-0.4, -0.2) is 5.33 Å². The summed E-state index contributed by atoms with van der Waals surface area (Å²) in [7, 11) is 0. The molecule has 1 heteroatoms. The van der Waals surface area contributed by atoms with Crippen molar-refractivity contribution in [2.45, 2.75) is 38.5 Å². The van der Waals surface area contributed by atoms with Crippen LogP contribution in [0, 0.1) is 11.3 Å². The van der Waals surface area contributed by atoms with Crippen LogP contribution >= 0.6 is 15.9 Å². The van der Waals surface area contributed by atoms with Gasteiger partial charge in [0, 0.05) is 5.33 Å². The van der Waals surface area contributed by atoms with Gasteiger partial charge in [0.05, 0.1) is 0 Å². The lowest BCUT2D eigenvalue weighted by molar-refractivity contribution is 0.215. The van der Waals surface area contributed by atoms with Crippen LogP contribution in [0.4, 0.5) is 0 Å². The Labute approximate surface area is 83.6 Å². The highest BCUT2D eigenvalue weighted by Gasteiger charge is 2.39. The number of halogens is 1. The number of rotatable bonds is 2. The van der Waals surface area contributed by atoms with Crippen molar-refractivity contribution in [1.82, 2.24) is 0 Å². The summed E-state index contributed by atoms with van der Waals surface area (Å²) in [5, 5.41) is 1.21. The highest BCUT2D eigenvalue weighted by molar-refractivity contribution is 9.09. The Morgan fingerprint density at radius 3 is 2.25 bits per heavy atom.